The van der Waals surface area contributed by atoms with Crippen molar-refractivity contribution in [1.82, 2.24) is 24.9 Å². The Morgan fingerprint density at radius 2 is 1.86 bits per heavy atom. The Bertz CT molecular complexity index is 931. The van der Waals surface area contributed by atoms with Crippen LogP contribution in [0.2, 0.25) is 0 Å². The van der Waals surface area contributed by atoms with Crippen molar-refractivity contribution in [2.24, 2.45) is 0 Å². The SMILES string of the molecule is Cc1ccnn1[C@@H](C)C(=O)N1CCC2(CC1)NC(=O)N(Cc1ccccc1)C2=O. The Labute approximate surface area is 169 Å². The van der Waals surface area contributed by atoms with Gasteiger partial charge in [-0.2, -0.15) is 5.10 Å². The van der Waals surface area contributed by atoms with Crippen LogP contribution in [0.4, 0.5) is 4.79 Å². The minimum absolute atomic E-state index is 0.0236. The van der Waals surface area contributed by atoms with E-state index in [2.05, 4.69) is 10.4 Å². The summed E-state index contributed by atoms with van der Waals surface area (Å²) in [7, 11) is 0. The van der Waals surface area contributed by atoms with Crippen molar-refractivity contribution in [3.8, 4) is 0 Å². The van der Waals surface area contributed by atoms with E-state index in [0.717, 1.165) is 11.3 Å². The van der Waals surface area contributed by atoms with Crippen LogP contribution >= 0.6 is 0 Å². The van der Waals surface area contributed by atoms with E-state index in [1.807, 2.05) is 50.2 Å². The average molecular weight is 395 g/mol. The van der Waals surface area contributed by atoms with Crippen LogP contribution in [0.5, 0.6) is 0 Å². The van der Waals surface area contributed by atoms with Crippen molar-refractivity contribution in [2.45, 2.75) is 44.8 Å². The van der Waals surface area contributed by atoms with Gasteiger partial charge < -0.3 is 10.2 Å². The Hall–Kier alpha value is -3.16. The quantitative estimate of drug-likeness (QED) is 0.801. The second kappa shape index (κ2) is 7.35. The summed E-state index contributed by atoms with van der Waals surface area (Å²) in [6.45, 7) is 4.85. The van der Waals surface area contributed by atoms with Gasteiger partial charge in [0.25, 0.3) is 5.91 Å². The molecule has 0 bridgehead atoms. The zero-order valence-corrected chi connectivity index (χ0v) is 16.7. The van der Waals surface area contributed by atoms with Crippen molar-refractivity contribution in [3.63, 3.8) is 0 Å². The lowest BCUT2D eigenvalue weighted by atomic mass is 9.87. The maximum absolute atomic E-state index is 13.1. The molecule has 3 heterocycles. The number of aromatic nitrogens is 2. The van der Waals surface area contributed by atoms with Crippen LogP contribution < -0.4 is 5.32 Å². The first-order valence-electron chi connectivity index (χ1n) is 9.88. The van der Waals surface area contributed by atoms with Crippen molar-refractivity contribution in [3.05, 3.63) is 53.9 Å². The predicted octanol–water partition coefficient (Wildman–Crippen LogP) is 1.87. The molecule has 0 saturated carbocycles. The number of aryl methyl sites for hydroxylation is 1. The van der Waals surface area contributed by atoms with Crippen LogP contribution in [0.15, 0.2) is 42.6 Å². The van der Waals surface area contributed by atoms with Gasteiger partial charge in [0.1, 0.15) is 11.6 Å². The number of amides is 4. The number of carbonyl (C=O) groups is 3. The number of likely N-dealkylation sites (tertiary alicyclic amines) is 1. The van der Waals surface area contributed by atoms with Crippen molar-refractivity contribution in [2.75, 3.05) is 13.1 Å². The van der Waals surface area contributed by atoms with E-state index in [0.29, 0.717) is 25.9 Å². The zero-order valence-electron chi connectivity index (χ0n) is 16.7. The molecule has 2 saturated heterocycles. The number of benzene rings is 1. The summed E-state index contributed by atoms with van der Waals surface area (Å²) in [6.07, 6.45) is 2.51. The summed E-state index contributed by atoms with van der Waals surface area (Å²) >= 11 is 0. The van der Waals surface area contributed by atoms with Crippen molar-refractivity contribution >= 4 is 17.8 Å². The molecule has 1 atom stereocenters. The fourth-order valence-corrected chi connectivity index (χ4v) is 4.19. The lowest BCUT2D eigenvalue weighted by Crippen LogP contribution is -2.56. The van der Waals surface area contributed by atoms with E-state index in [9.17, 15) is 14.4 Å². The Balaban J connectivity index is 1.42. The predicted molar refractivity (Wildman–Crippen MR) is 106 cm³/mol. The van der Waals surface area contributed by atoms with E-state index >= 15 is 0 Å². The first kappa shape index (κ1) is 19.2. The molecule has 0 unspecified atom stereocenters. The minimum atomic E-state index is -0.909. The number of rotatable bonds is 4. The molecule has 0 aliphatic carbocycles. The number of imide groups is 1. The molecule has 152 valence electrons. The van der Waals surface area contributed by atoms with Crippen LogP contribution in [0.25, 0.3) is 0 Å². The largest absolute Gasteiger partial charge is 0.341 e. The average Bonchev–Trinajstić information content (AvgIpc) is 3.25. The van der Waals surface area contributed by atoms with E-state index in [4.69, 9.17) is 0 Å². The molecule has 0 radical (unpaired) electrons. The van der Waals surface area contributed by atoms with Crippen molar-refractivity contribution in [1.29, 1.82) is 0 Å². The highest BCUT2D eigenvalue weighted by Gasteiger charge is 2.52. The van der Waals surface area contributed by atoms with Crippen LogP contribution in [0, 0.1) is 6.92 Å². The number of urea groups is 1. The molecule has 2 aromatic rings. The van der Waals surface area contributed by atoms with Gasteiger partial charge in [-0.25, -0.2) is 4.79 Å². The smallest absolute Gasteiger partial charge is 0.325 e. The fraction of sp³-hybridized carbons (Fsp3) is 0.429. The lowest BCUT2D eigenvalue weighted by molar-refractivity contribution is -0.140. The molecule has 1 aromatic heterocycles. The van der Waals surface area contributed by atoms with Gasteiger partial charge in [0.2, 0.25) is 5.91 Å². The van der Waals surface area contributed by atoms with E-state index in [1.165, 1.54) is 4.90 Å². The maximum Gasteiger partial charge on any atom is 0.325 e. The lowest BCUT2D eigenvalue weighted by Gasteiger charge is -2.38. The topological polar surface area (TPSA) is 87.5 Å². The number of piperidine rings is 1. The second-order valence-electron chi connectivity index (χ2n) is 7.81. The number of hydrogen-bond acceptors (Lipinski definition) is 4. The molecule has 2 aliphatic heterocycles. The van der Waals surface area contributed by atoms with Gasteiger partial charge >= 0.3 is 6.03 Å². The Morgan fingerprint density at radius 3 is 2.48 bits per heavy atom. The molecule has 4 amide bonds. The molecule has 8 nitrogen and oxygen atoms in total. The molecule has 4 rings (SSSR count). The monoisotopic (exact) mass is 395 g/mol. The first-order chi connectivity index (χ1) is 13.9. The number of hydrogen-bond donors (Lipinski definition) is 1. The first-order valence-corrected chi connectivity index (χ1v) is 9.88. The standard InChI is InChI=1S/C21H25N5O3/c1-15-8-11-22-26(15)16(2)18(27)24-12-9-21(10-13-24)19(28)25(20(29)23-21)14-17-6-4-3-5-7-17/h3-8,11,16H,9-10,12-14H2,1-2H3,(H,23,29)/t16-/m0/s1. The highest BCUT2D eigenvalue weighted by atomic mass is 16.2. The molecule has 8 heteroatoms. The highest BCUT2D eigenvalue weighted by Crippen LogP contribution is 2.31. The van der Waals surface area contributed by atoms with Gasteiger partial charge in [-0.1, -0.05) is 30.3 Å². The van der Waals surface area contributed by atoms with Crippen LogP contribution in [-0.2, 0) is 16.1 Å². The van der Waals surface area contributed by atoms with E-state index in [1.54, 1.807) is 15.8 Å². The maximum atomic E-state index is 13.1. The van der Waals surface area contributed by atoms with Gasteiger partial charge in [0.15, 0.2) is 0 Å². The van der Waals surface area contributed by atoms with Gasteiger partial charge in [0, 0.05) is 25.0 Å². The van der Waals surface area contributed by atoms with Gasteiger partial charge in [-0.3, -0.25) is 19.2 Å². The van der Waals surface area contributed by atoms with Crippen LogP contribution in [0.1, 0.15) is 37.1 Å². The van der Waals surface area contributed by atoms with E-state index < -0.39 is 11.6 Å². The van der Waals surface area contributed by atoms with Gasteiger partial charge in [-0.05, 0) is 38.3 Å². The van der Waals surface area contributed by atoms with Crippen molar-refractivity contribution < 1.29 is 14.4 Å². The molecule has 1 spiro atoms. The summed E-state index contributed by atoms with van der Waals surface area (Å²) < 4.78 is 1.71. The van der Waals surface area contributed by atoms with Gasteiger partial charge in [-0.15, -0.1) is 0 Å². The second-order valence-corrected chi connectivity index (χ2v) is 7.81. The minimum Gasteiger partial charge on any atom is -0.341 e. The number of carbonyl (C=O) groups excluding carboxylic acids is 3. The third-order valence-corrected chi connectivity index (χ3v) is 5.95. The molecule has 29 heavy (non-hydrogen) atoms. The zero-order chi connectivity index (χ0) is 20.6. The van der Waals surface area contributed by atoms with Crippen LogP contribution in [0.3, 0.4) is 0 Å². The fourth-order valence-electron chi connectivity index (χ4n) is 4.19. The Kier molecular flexibility index (Phi) is 4.86. The molecule has 2 fully saturated rings. The Morgan fingerprint density at radius 1 is 1.17 bits per heavy atom. The molecule has 1 N–H and O–H groups in total. The van der Waals surface area contributed by atoms with E-state index in [-0.39, 0.29) is 24.4 Å². The summed E-state index contributed by atoms with van der Waals surface area (Å²) in [5, 5.41) is 7.12. The number of nitrogens with one attached hydrogen (secondary N) is 1. The molecular weight excluding hydrogens is 370 g/mol. The normalized spacial score (nSPS) is 19.5. The van der Waals surface area contributed by atoms with Gasteiger partial charge in [0.05, 0.1) is 6.54 Å². The molecule has 2 aliphatic rings. The summed E-state index contributed by atoms with van der Waals surface area (Å²) in [5.74, 6) is -0.223. The highest BCUT2D eigenvalue weighted by molar-refractivity contribution is 6.07. The summed E-state index contributed by atoms with van der Waals surface area (Å²) in [4.78, 5) is 41.5. The third kappa shape index (κ3) is 3.39. The molecular formula is C21H25N5O3. The summed E-state index contributed by atoms with van der Waals surface area (Å²) in [5.41, 5.74) is 0.922. The summed E-state index contributed by atoms with van der Waals surface area (Å²) in [6, 6.07) is 10.6. The number of nitrogens with zero attached hydrogens (tertiary/aromatic N) is 4. The third-order valence-electron chi connectivity index (χ3n) is 5.95. The molecule has 1 aromatic carbocycles. The van der Waals surface area contributed by atoms with Crippen LogP contribution in [-0.4, -0.2) is 56.1 Å².